The Hall–Kier alpha value is -3.93. The molecule has 1 amide bonds. The van der Waals surface area contributed by atoms with Gasteiger partial charge in [0.15, 0.2) is 11.5 Å². The first-order valence-electron chi connectivity index (χ1n) is 14.0. The molecular weight excluding hydrogens is 647 g/mol. The van der Waals surface area contributed by atoms with Crippen LogP contribution in [0, 0.1) is 17.4 Å². The maximum absolute atomic E-state index is 13.5. The molecule has 3 heterocycles. The second-order valence-electron chi connectivity index (χ2n) is 10.5. The molecule has 216 valence electrons. The number of carbonyl (C=O) groups is 1. The molecule has 0 unspecified atom stereocenters. The second kappa shape index (κ2) is 11.7. The number of amides is 1. The van der Waals surface area contributed by atoms with Gasteiger partial charge in [0.1, 0.15) is 11.6 Å². The van der Waals surface area contributed by atoms with E-state index in [1.807, 2.05) is 55.3 Å². The third kappa shape index (κ3) is 5.35. The van der Waals surface area contributed by atoms with Crippen LogP contribution in [0.5, 0.6) is 17.2 Å². The van der Waals surface area contributed by atoms with Crippen molar-refractivity contribution in [1.29, 1.82) is 0 Å². The van der Waals surface area contributed by atoms with E-state index in [4.69, 9.17) is 14.2 Å². The first-order chi connectivity index (χ1) is 20.3. The molecule has 6 rings (SSSR count). The smallest absolute Gasteiger partial charge is 0.266 e. The Bertz CT molecular complexity index is 1780. The predicted octanol–water partition coefficient (Wildman–Crippen LogP) is 5.78. The standard InChI is InChI=1S/C32H31IN4O5/c1-19-14-21(33)7-10-28(19)37-20(2)35-26-9-8-23(15-24(26)32(37)39)41-12-5-13-42-30-17-27-25(16-29(30)40-3)31(38)36-11-4-6-22(36)18-34-27/h7-10,14-18,22H,4-6,11-13H2,1-3H3/t22-/m0/s1. The van der Waals surface area contributed by atoms with E-state index >= 15 is 0 Å². The Labute approximate surface area is 257 Å². The average molecular weight is 679 g/mol. The van der Waals surface area contributed by atoms with E-state index in [0.717, 1.165) is 34.2 Å². The van der Waals surface area contributed by atoms with Crippen molar-refractivity contribution in [1.82, 2.24) is 14.5 Å². The summed E-state index contributed by atoms with van der Waals surface area (Å²) < 4.78 is 20.3. The quantitative estimate of drug-likeness (QED) is 0.173. The summed E-state index contributed by atoms with van der Waals surface area (Å²) in [6.45, 7) is 5.33. The molecule has 3 aromatic carbocycles. The van der Waals surface area contributed by atoms with Gasteiger partial charge in [0, 0.05) is 28.8 Å². The molecule has 4 aromatic rings. The zero-order valence-electron chi connectivity index (χ0n) is 23.7. The van der Waals surface area contributed by atoms with Gasteiger partial charge >= 0.3 is 0 Å². The van der Waals surface area contributed by atoms with E-state index in [1.54, 1.807) is 29.9 Å². The van der Waals surface area contributed by atoms with Crippen molar-refractivity contribution in [2.75, 3.05) is 26.9 Å². The monoisotopic (exact) mass is 678 g/mol. The number of aromatic nitrogens is 2. The molecule has 42 heavy (non-hydrogen) atoms. The lowest BCUT2D eigenvalue weighted by atomic mass is 10.1. The maximum Gasteiger partial charge on any atom is 0.266 e. The summed E-state index contributed by atoms with van der Waals surface area (Å²) in [5, 5.41) is 0.498. The van der Waals surface area contributed by atoms with Crippen molar-refractivity contribution in [2.45, 2.75) is 39.2 Å². The summed E-state index contributed by atoms with van der Waals surface area (Å²) >= 11 is 2.26. The molecule has 0 aliphatic carbocycles. The Kier molecular flexibility index (Phi) is 7.89. The van der Waals surface area contributed by atoms with Crippen LogP contribution < -0.4 is 19.8 Å². The van der Waals surface area contributed by atoms with Crippen LogP contribution >= 0.6 is 22.6 Å². The van der Waals surface area contributed by atoms with Crippen LogP contribution in [0.2, 0.25) is 0 Å². The highest BCUT2D eigenvalue weighted by molar-refractivity contribution is 14.1. The lowest BCUT2D eigenvalue weighted by Gasteiger charge is -2.20. The van der Waals surface area contributed by atoms with Gasteiger partial charge in [-0.3, -0.25) is 19.1 Å². The summed E-state index contributed by atoms with van der Waals surface area (Å²) in [6.07, 6.45) is 4.37. The average Bonchev–Trinajstić information content (AvgIpc) is 3.41. The van der Waals surface area contributed by atoms with Gasteiger partial charge in [0.2, 0.25) is 0 Å². The van der Waals surface area contributed by atoms with Crippen molar-refractivity contribution < 1.29 is 19.0 Å². The molecule has 0 bridgehead atoms. The number of methoxy groups -OCH3 is 1. The van der Waals surface area contributed by atoms with Crippen LogP contribution in [-0.4, -0.2) is 59.5 Å². The minimum atomic E-state index is -0.132. The molecule has 0 spiro atoms. The van der Waals surface area contributed by atoms with Gasteiger partial charge in [-0.1, -0.05) is 0 Å². The lowest BCUT2D eigenvalue weighted by Crippen LogP contribution is -2.35. The molecule has 10 heteroatoms. The van der Waals surface area contributed by atoms with Crippen LogP contribution in [0.4, 0.5) is 5.69 Å². The normalized spacial score (nSPS) is 15.9. The number of hydrogen-bond acceptors (Lipinski definition) is 7. The Morgan fingerprint density at radius 3 is 2.64 bits per heavy atom. The summed E-state index contributed by atoms with van der Waals surface area (Å²) in [7, 11) is 1.56. The van der Waals surface area contributed by atoms with Gasteiger partial charge in [-0.25, -0.2) is 4.98 Å². The molecule has 1 atom stereocenters. The summed E-state index contributed by atoms with van der Waals surface area (Å²) in [5.74, 6) is 2.22. The molecule has 9 nitrogen and oxygen atoms in total. The number of hydrogen-bond donors (Lipinski definition) is 0. The van der Waals surface area contributed by atoms with E-state index in [2.05, 4.69) is 32.6 Å². The number of ether oxygens (including phenoxy) is 3. The van der Waals surface area contributed by atoms with Gasteiger partial charge < -0.3 is 19.1 Å². The van der Waals surface area contributed by atoms with E-state index in [-0.39, 0.29) is 17.5 Å². The molecule has 1 aromatic heterocycles. The fraction of sp³-hybridized carbons (Fsp3) is 0.312. The Morgan fingerprint density at radius 1 is 1.00 bits per heavy atom. The molecule has 0 N–H and O–H groups in total. The van der Waals surface area contributed by atoms with Gasteiger partial charge in [-0.15, -0.1) is 0 Å². The minimum absolute atomic E-state index is 0.0237. The van der Waals surface area contributed by atoms with Gasteiger partial charge in [0.25, 0.3) is 11.5 Å². The molecule has 2 aliphatic heterocycles. The second-order valence-corrected chi connectivity index (χ2v) is 11.7. The summed E-state index contributed by atoms with van der Waals surface area (Å²) in [5.41, 5.74) is 3.44. The molecular formula is C32H31IN4O5. The molecule has 0 saturated carbocycles. The van der Waals surface area contributed by atoms with Crippen molar-refractivity contribution >= 4 is 51.3 Å². The van der Waals surface area contributed by atoms with Crippen LogP contribution in [-0.2, 0) is 0 Å². The van der Waals surface area contributed by atoms with Gasteiger partial charge in [-0.2, -0.15) is 0 Å². The number of rotatable bonds is 8. The molecule has 0 radical (unpaired) electrons. The zero-order chi connectivity index (χ0) is 29.4. The minimum Gasteiger partial charge on any atom is -0.493 e. The number of fused-ring (bicyclic) bond motifs is 3. The predicted molar refractivity (Wildman–Crippen MR) is 170 cm³/mol. The van der Waals surface area contributed by atoms with E-state index < -0.39 is 0 Å². The Morgan fingerprint density at radius 2 is 1.83 bits per heavy atom. The number of benzene rings is 3. The van der Waals surface area contributed by atoms with Gasteiger partial charge in [0.05, 0.1) is 54.2 Å². The van der Waals surface area contributed by atoms with Crippen LogP contribution in [0.3, 0.4) is 0 Å². The number of aryl methyl sites for hydroxylation is 2. The van der Waals surface area contributed by atoms with Gasteiger partial charge in [-0.05, 0) is 97.3 Å². The fourth-order valence-corrected chi connectivity index (χ4v) is 6.22. The number of aliphatic imine (C=N–C) groups is 1. The lowest BCUT2D eigenvalue weighted by molar-refractivity contribution is 0.0774. The highest BCUT2D eigenvalue weighted by atomic mass is 127. The summed E-state index contributed by atoms with van der Waals surface area (Å²) in [6, 6.07) is 14.9. The van der Waals surface area contributed by atoms with Crippen LogP contribution in [0.15, 0.2) is 58.3 Å². The fourth-order valence-electron chi connectivity index (χ4n) is 5.57. The number of carbonyl (C=O) groups excluding carboxylic acids is 1. The molecule has 1 saturated heterocycles. The van der Waals surface area contributed by atoms with Crippen LogP contribution in [0.1, 0.15) is 41.0 Å². The third-order valence-electron chi connectivity index (χ3n) is 7.68. The van der Waals surface area contributed by atoms with Crippen molar-refractivity contribution in [3.05, 3.63) is 79.4 Å². The molecule has 1 fully saturated rings. The highest BCUT2D eigenvalue weighted by Crippen LogP contribution is 2.38. The third-order valence-corrected chi connectivity index (χ3v) is 8.35. The highest BCUT2D eigenvalue weighted by Gasteiger charge is 2.32. The van der Waals surface area contributed by atoms with Crippen LogP contribution in [0.25, 0.3) is 16.6 Å². The van der Waals surface area contributed by atoms with E-state index in [9.17, 15) is 9.59 Å². The number of halogens is 1. The van der Waals surface area contributed by atoms with Crippen molar-refractivity contribution in [3.8, 4) is 22.9 Å². The first kappa shape index (κ1) is 28.2. The zero-order valence-corrected chi connectivity index (χ0v) is 25.9. The van der Waals surface area contributed by atoms with Crippen molar-refractivity contribution in [2.24, 2.45) is 4.99 Å². The SMILES string of the molecule is COc1cc2c(cc1OCCCOc1ccc3nc(C)n(-c4ccc(I)cc4C)c(=O)c3c1)N=C[C@@H]1CCCN1C2=O. The van der Waals surface area contributed by atoms with E-state index in [0.29, 0.717) is 64.9 Å². The maximum atomic E-state index is 13.5. The first-order valence-corrected chi connectivity index (χ1v) is 15.0. The summed E-state index contributed by atoms with van der Waals surface area (Å²) in [4.78, 5) is 37.7. The van der Waals surface area contributed by atoms with E-state index in [1.165, 1.54) is 0 Å². The Balaban J connectivity index is 1.13. The van der Waals surface area contributed by atoms with Crippen molar-refractivity contribution in [3.63, 3.8) is 0 Å². The topological polar surface area (TPSA) is 95.2 Å². The number of nitrogens with zero attached hydrogens (tertiary/aromatic N) is 4. The largest absolute Gasteiger partial charge is 0.493 e. The molecule has 2 aliphatic rings.